The molecule has 1 aliphatic heterocycles. The summed E-state index contributed by atoms with van der Waals surface area (Å²) in [5.74, 6) is 0.0560. The highest BCUT2D eigenvalue weighted by Gasteiger charge is 2.20. The van der Waals surface area contributed by atoms with Crippen LogP contribution in [0.2, 0.25) is 0 Å². The number of rotatable bonds is 6. The normalized spacial score (nSPS) is 13.7. The number of pyridine rings is 1. The van der Waals surface area contributed by atoms with Crippen molar-refractivity contribution in [3.05, 3.63) is 54.1 Å². The Kier molecular flexibility index (Phi) is 10.9. The molecule has 1 fully saturated rings. The molecule has 0 saturated carbocycles. The van der Waals surface area contributed by atoms with E-state index in [-0.39, 0.29) is 53.4 Å². The van der Waals surface area contributed by atoms with Crippen molar-refractivity contribution in [2.45, 2.75) is 4.90 Å². The van der Waals surface area contributed by atoms with Crippen molar-refractivity contribution in [2.75, 3.05) is 50.0 Å². The van der Waals surface area contributed by atoms with Gasteiger partial charge in [-0.25, -0.2) is 18.2 Å². The molecule has 192 valence electrons. The lowest BCUT2D eigenvalue weighted by Crippen LogP contribution is -2.44. The number of carboxylic acid groups (broad SMARTS) is 1. The van der Waals surface area contributed by atoms with E-state index in [4.69, 9.17) is 4.74 Å². The number of sulfonamides is 1. The number of likely N-dealkylation sites (N-methyl/N-ethyl adjacent to an activating group) is 1. The van der Waals surface area contributed by atoms with E-state index in [1.54, 1.807) is 30.3 Å². The van der Waals surface area contributed by atoms with Crippen LogP contribution in [0.1, 0.15) is 10.4 Å². The number of nitrogens with zero attached hydrogens (tertiary/aromatic N) is 3. The van der Waals surface area contributed by atoms with E-state index >= 15 is 0 Å². The van der Waals surface area contributed by atoms with Crippen molar-refractivity contribution < 1.29 is 23.1 Å². The van der Waals surface area contributed by atoms with Crippen molar-refractivity contribution >= 4 is 75.6 Å². The van der Waals surface area contributed by atoms with Gasteiger partial charge in [0.05, 0.1) is 23.1 Å². The van der Waals surface area contributed by atoms with Gasteiger partial charge in [-0.3, -0.25) is 4.72 Å². The maximum Gasteiger partial charge on any atom is 0.336 e. The molecular weight excluding hydrogens is 539 g/mol. The monoisotopic (exact) mass is 564 g/mol. The molecule has 1 saturated heterocycles. The average Bonchev–Trinajstić information content (AvgIpc) is 2.78. The zero-order valence-corrected chi connectivity index (χ0v) is 22.3. The fourth-order valence-corrected chi connectivity index (χ4v) is 4.67. The van der Waals surface area contributed by atoms with Crippen LogP contribution in [0.3, 0.4) is 0 Å². The third kappa shape index (κ3) is 6.80. The first-order valence-corrected chi connectivity index (χ1v) is 11.5. The average molecular weight is 566 g/mol. The lowest BCUT2D eigenvalue weighted by atomic mass is 10.1. The third-order valence-electron chi connectivity index (χ3n) is 5.47. The van der Waals surface area contributed by atoms with Gasteiger partial charge in [0.25, 0.3) is 10.0 Å². The van der Waals surface area contributed by atoms with Gasteiger partial charge in [-0.15, -0.1) is 37.2 Å². The number of carbonyl (C=O) groups is 1. The van der Waals surface area contributed by atoms with Crippen LogP contribution in [0.25, 0.3) is 10.9 Å². The van der Waals surface area contributed by atoms with Crippen LogP contribution in [0.5, 0.6) is 5.75 Å². The second kappa shape index (κ2) is 12.5. The maximum absolute atomic E-state index is 12.7. The number of benzene rings is 2. The Hall–Kier alpha value is -2.50. The molecule has 1 aliphatic rings. The van der Waals surface area contributed by atoms with Crippen LogP contribution >= 0.6 is 37.2 Å². The van der Waals surface area contributed by atoms with E-state index < -0.39 is 16.0 Å². The van der Waals surface area contributed by atoms with E-state index in [1.807, 2.05) is 7.05 Å². The number of carboxylic acids is 1. The molecule has 1 aromatic heterocycles. The molecule has 0 atom stereocenters. The summed E-state index contributed by atoms with van der Waals surface area (Å²) in [5.41, 5.74) is 0.825. The molecule has 0 bridgehead atoms. The SMILES string of the molecule is COc1ccc(S(=O)(=O)Nc2ccc3nc(N4CCN(C)CC4)cc(C(=O)O)c3c2)cc1.Cl.Cl.Cl. The number of anilines is 2. The molecule has 2 aromatic carbocycles. The summed E-state index contributed by atoms with van der Waals surface area (Å²) in [6.07, 6.45) is 0. The molecule has 2 N–H and O–H groups in total. The van der Waals surface area contributed by atoms with Crippen LogP contribution in [-0.2, 0) is 10.0 Å². The number of fused-ring (bicyclic) bond motifs is 1. The fraction of sp³-hybridized carbons (Fsp3) is 0.273. The predicted molar refractivity (Wildman–Crippen MR) is 144 cm³/mol. The first kappa shape index (κ1) is 30.5. The van der Waals surface area contributed by atoms with Gasteiger partial charge in [0.2, 0.25) is 0 Å². The van der Waals surface area contributed by atoms with Crippen LogP contribution in [0, 0.1) is 0 Å². The number of aromatic nitrogens is 1. The summed E-state index contributed by atoms with van der Waals surface area (Å²) in [7, 11) is -0.313. The van der Waals surface area contributed by atoms with Crippen molar-refractivity contribution in [1.82, 2.24) is 9.88 Å². The minimum atomic E-state index is -3.86. The van der Waals surface area contributed by atoms with Gasteiger partial charge in [0.15, 0.2) is 0 Å². The second-order valence-electron chi connectivity index (χ2n) is 7.64. The lowest BCUT2D eigenvalue weighted by Gasteiger charge is -2.33. The lowest BCUT2D eigenvalue weighted by molar-refractivity contribution is 0.0699. The number of nitrogens with one attached hydrogen (secondary N) is 1. The van der Waals surface area contributed by atoms with Crippen molar-refractivity contribution in [3.63, 3.8) is 0 Å². The molecule has 0 aliphatic carbocycles. The highest BCUT2D eigenvalue weighted by atomic mass is 35.5. The number of aromatic carboxylic acids is 1. The van der Waals surface area contributed by atoms with E-state index in [1.165, 1.54) is 25.3 Å². The van der Waals surface area contributed by atoms with E-state index in [0.717, 1.165) is 26.2 Å². The number of halogens is 3. The highest BCUT2D eigenvalue weighted by Crippen LogP contribution is 2.28. The Morgan fingerprint density at radius 2 is 1.63 bits per heavy atom. The van der Waals surface area contributed by atoms with Gasteiger partial charge < -0.3 is 19.6 Å². The molecular formula is C22H27Cl3N4O5S. The maximum atomic E-state index is 12.7. The van der Waals surface area contributed by atoms with Crippen molar-refractivity contribution in [2.24, 2.45) is 0 Å². The summed E-state index contributed by atoms with van der Waals surface area (Å²) in [4.78, 5) is 20.9. The number of methoxy groups -OCH3 is 1. The van der Waals surface area contributed by atoms with Crippen molar-refractivity contribution in [3.8, 4) is 5.75 Å². The molecule has 0 amide bonds. The summed E-state index contributed by atoms with van der Waals surface area (Å²) < 4.78 is 33.1. The summed E-state index contributed by atoms with van der Waals surface area (Å²) in [6.45, 7) is 3.25. The third-order valence-corrected chi connectivity index (χ3v) is 6.87. The molecule has 9 nitrogen and oxygen atoms in total. The summed E-state index contributed by atoms with van der Waals surface area (Å²) in [5, 5.41) is 10.2. The Balaban J connectivity index is 0.00000204. The standard InChI is InChI=1S/C22H24N4O5S.3ClH/c1-25-9-11-26(12-10-25)21-14-19(22(27)28)18-13-15(3-8-20(18)23-21)24-32(29,30)17-6-4-16(31-2)5-7-17;;;/h3-8,13-14,24H,9-12H2,1-2H3,(H,27,28);3*1H. The highest BCUT2D eigenvalue weighted by molar-refractivity contribution is 7.92. The number of ether oxygens (including phenoxy) is 1. The largest absolute Gasteiger partial charge is 0.497 e. The van der Waals surface area contributed by atoms with Crippen molar-refractivity contribution in [1.29, 1.82) is 0 Å². The van der Waals surface area contributed by atoms with Gasteiger partial charge in [-0.1, -0.05) is 0 Å². The molecule has 4 rings (SSSR count). The van der Waals surface area contributed by atoms with E-state index in [9.17, 15) is 18.3 Å². The number of hydrogen-bond acceptors (Lipinski definition) is 7. The van der Waals surface area contributed by atoms with Crippen LogP contribution in [0.15, 0.2) is 53.4 Å². The smallest absolute Gasteiger partial charge is 0.336 e. The van der Waals surface area contributed by atoms with Gasteiger partial charge in [0.1, 0.15) is 11.6 Å². The number of piperazine rings is 1. The molecule has 0 radical (unpaired) electrons. The minimum Gasteiger partial charge on any atom is -0.497 e. The van der Waals surface area contributed by atoms with E-state index in [0.29, 0.717) is 22.5 Å². The molecule has 35 heavy (non-hydrogen) atoms. The second-order valence-corrected chi connectivity index (χ2v) is 9.32. The van der Waals surface area contributed by atoms with Gasteiger partial charge in [0, 0.05) is 37.3 Å². The molecule has 0 spiro atoms. The van der Waals surface area contributed by atoms with E-state index in [2.05, 4.69) is 19.5 Å². The molecule has 3 aromatic rings. The quantitative estimate of drug-likeness (QED) is 0.465. The summed E-state index contributed by atoms with van der Waals surface area (Å²) in [6, 6.07) is 12.3. The topological polar surface area (TPSA) is 112 Å². The van der Waals surface area contributed by atoms with Crippen LogP contribution in [-0.4, -0.2) is 69.7 Å². The van der Waals surface area contributed by atoms with Gasteiger partial charge in [-0.2, -0.15) is 0 Å². The first-order valence-electron chi connectivity index (χ1n) is 10.1. The van der Waals surface area contributed by atoms with Gasteiger partial charge >= 0.3 is 5.97 Å². The predicted octanol–water partition coefficient (Wildman–Crippen LogP) is 3.76. The zero-order valence-electron chi connectivity index (χ0n) is 19.0. The minimum absolute atomic E-state index is 0. The van der Waals surface area contributed by atoms with Gasteiger partial charge in [-0.05, 0) is 55.6 Å². The first-order chi connectivity index (χ1) is 15.3. The Morgan fingerprint density at radius 3 is 2.20 bits per heavy atom. The fourth-order valence-electron chi connectivity index (χ4n) is 3.62. The molecule has 13 heteroatoms. The summed E-state index contributed by atoms with van der Waals surface area (Å²) >= 11 is 0. The zero-order chi connectivity index (χ0) is 22.9. The van der Waals surface area contributed by atoms with Crippen LogP contribution in [0.4, 0.5) is 11.5 Å². The Bertz CT molecular complexity index is 1270. The Labute approximate surface area is 222 Å². The number of hydrogen-bond donors (Lipinski definition) is 2. The molecule has 2 heterocycles. The molecule has 0 unspecified atom stereocenters. The van der Waals surface area contributed by atoms with Crippen LogP contribution < -0.4 is 14.4 Å². The Morgan fingerprint density at radius 1 is 1.00 bits per heavy atom.